The Balaban J connectivity index is 0.000000810. The number of hydrogen-bond acceptors (Lipinski definition) is 4. The van der Waals surface area contributed by atoms with Crippen molar-refractivity contribution in [1.29, 1.82) is 0 Å². The SMILES string of the molecule is CC1C(C)C2(CC(=O)[N-]2)C2OC2C1(O)CO.[W].[Y]. The molecule has 7 heteroatoms. The van der Waals surface area contributed by atoms with E-state index in [4.69, 9.17) is 4.74 Å². The minimum Gasteiger partial charge on any atom is -0.645 e. The molecule has 2 aliphatic heterocycles. The molecule has 18 heavy (non-hydrogen) atoms. The zero-order chi connectivity index (χ0) is 11.7. The summed E-state index contributed by atoms with van der Waals surface area (Å²) in [7, 11) is 0. The summed E-state index contributed by atoms with van der Waals surface area (Å²) in [6.45, 7) is 3.56. The van der Waals surface area contributed by atoms with Crippen LogP contribution in [0, 0.1) is 11.8 Å². The molecule has 1 spiro atoms. The summed E-state index contributed by atoms with van der Waals surface area (Å²) in [6.07, 6.45) is -0.129. The summed E-state index contributed by atoms with van der Waals surface area (Å²) >= 11 is 0. The van der Waals surface area contributed by atoms with Gasteiger partial charge in [0.25, 0.3) is 0 Å². The van der Waals surface area contributed by atoms with Crippen molar-refractivity contribution in [2.45, 2.75) is 43.6 Å². The zero-order valence-electron chi connectivity index (χ0n) is 10.4. The molecule has 0 bridgehead atoms. The number of β-lactam (4-membered cyclic amide) rings is 1. The van der Waals surface area contributed by atoms with Gasteiger partial charge in [-0.1, -0.05) is 19.4 Å². The summed E-state index contributed by atoms with van der Waals surface area (Å²) in [5, 5.41) is 23.8. The van der Waals surface area contributed by atoms with Crippen molar-refractivity contribution >= 4 is 5.91 Å². The Labute approximate surface area is 146 Å². The zero-order valence-corrected chi connectivity index (χ0v) is 16.1. The Morgan fingerprint density at radius 2 is 1.94 bits per heavy atom. The van der Waals surface area contributed by atoms with E-state index in [0.717, 1.165) is 0 Å². The van der Waals surface area contributed by atoms with E-state index in [0.29, 0.717) is 6.42 Å². The van der Waals surface area contributed by atoms with Crippen molar-refractivity contribution in [1.82, 2.24) is 0 Å². The van der Waals surface area contributed by atoms with Crippen LogP contribution in [-0.2, 0) is 63.3 Å². The molecule has 3 aliphatic rings. The van der Waals surface area contributed by atoms with Crippen molar-refractivity contribution < 1.29 is 73.5 Å². The maximum atomic E-state index is 11.1. The predicted octanol–water partition coefficient (Wildman–Crippen LogP) is -0.199. The minimum atomic E-state index is -1.18. The molecule has 3 fully saturated rings. The van der Waals surface area contributed by atoms with Crippen LogP contribution >= 0.6 is 0 Å². The molecule has 2 N–H and O–H groups in total. The van der Waals surface area contributed by atoms with Crippen LogP contribution < -0.4 is 0 Å². The predicted molar refractivity (Wildman–Crippen MR) is 54.7 cm³/mol. The second-order valence-electron chi connectivity index (χ2n) is 5.38. The normalized spacial score (nSPS) is 52.3. The van der Waals surface area contributed by atoms with Crippen LogP contribution in [0.4, 0.5) is 0 Å². The van der Waals surface area contributed by atoms with Crippen LogP contribution in [0.2, 0.25) is 0 Å². The van der Waals surface area contributed by atoms with Gasteiger partial charge in [0.2, 0.25) is 0 Å². The molecule has 6 atom stereocenters. The monoisotopic (exact) mass is 499 g/mol. The fraction of sp³-hybridized carbons (Fsp3) is 0.909. The third-order valence-electron chi connectivity index (χ3n) is 4.82. The molecular weight excluding hydrogens is 483 g/mol. The molecule has 2 heterocycles. The standard InChI is InChI=1S/C11H17NO4.W.Y/c1-5-6(2)11(15,4-13)9-8(16-9)10(5)3-7(14)12-10;;/h5-6,8-9,13,15H,3-4H2,1-2H3,(H,12,14);;/p-1. The molecule has 1 saturated carbocycles. The number of rotatable bonds is 1. The van der Waals surface area contributed by atoms with Crippen LogP contribution in [0.25, 0.3) is 5.32 Å². The summed E-state index contributed by atoms with van der Waals surface area (Å²) in [6, 6.07) is 0. The maximum Gasteiger partial charge on any atom is 0.119 e. The minimum absolute atomic E-state index is 0. The number of amides is 1. The van der Waals surface area contributed by atoms with E-state index >= 15 is 0 Å². The van der Waals surface area contributed by atoms with Gasteiger partial charge in [-0.3, -0.25) is 0 Å². The largest absolute Gasteiger partial charge is 0.645 e. The fourth-order valence-corrected chi connectivity index (χ4v) is 3.38. The number of nitrogens with zero attached hydrogens (tertiary/aromatic N) is 1. The van der Waals surface area contributed by atoms with Gasteiger partial charge >= 0.3 is 0 Å². The smallest absolute Gasteiger partial charge is 0.119 e. The van der Waals surface area contributed by atoms with E-state index in [1.807, 2.05) is 13.8 Å². The van der Waals surface area contributed by atoms with Gasteiger partial charge in [-0.2, -0.15) is 0 Å². The van der Waals surface area contributed by atoms with Crippen molar-refractivity contribution in [2.75, 3.05) is 6.61 Å². The second kappa shape index (κ2) is 5.16. The van der Waals surface area contributed by atoms with Crippen molar-refractivity contribution in [3.8, 4) is 0 Å². The number of fused-ring (bicyclic) bond motifs is 2. The van der Waals surface area contributed by atoms with Crippen molar-refractivity contribution in [3.05, 3.63) is 5.32 Å². The molecule has 5 nitrogen and oxygen atoms in total. The average Bonchev–Trinajstić information content (AvgIpc) is 3.00. The first kappa shape index (κ1) is 17.2. The molecule has 6 unspecified atom stereocenters. The van der Waals surface area contributed by atoms with Crippen LogP contribution in [0.5, 0.6) is 0 Å². The first-order chi connectivity index (χ1) is 7.45. The van der Waals surface area contributed by atoms with Crippen LogP contribution in [-0.4, -0.2) is 46.1 Å². The van der Waals surface area contributed by atoms with Gasteiger partial charge < -0.3 is 25.1 Å². The Morgan fingerprint density at radius 3 is 2.39 bits per heavy atom. The van der Waals surface area contributed by atoms with Crippen molar-refractivity contribution in [3.63, 3.8) is 0 Å². The summed E-state index contributed by atoms with van der Waals surface area (Å²) < 4.78 is 5.48. The van der Waals surface area contributed by atoms with Gasteiger partial charge in [0.05, 0.1) is 18.6 Å². The van der Waals surface area contributed by atoms with Gasteiger partial charge in [0.15, 0.2) is 0 Å². The number of ether oxygens (including phenoxy) is 1. The van der Waals surface area contributed by atoms with E-state index in [-0.39, 0.29) is 90.3 Å². The van der Waals surface area contributed by atoms with Gasteiger partial charge in [0, 0.05) is 53.8 Å². The molecule has 2 saturated heterocycles. The van der Waals surface area contributed by atoms with Gasteiger partial charge in [-0.15, -0.1) is 0 Å². The fourth-order valence-electron chi connectivity index (χ4n) is 3.38. The van der Waals surface area contributed by atoms with Crippen LogP contribution in [0.1, 0.15) is 20.3 Å². The maximum absolute atomic E-state index is 11.1. The number of carbonyl (C=O) groups is 1. The first-order valence-corrected chi connectivity index (χ1v) is 5.70. The number of aliphatic hydroxyl groups is 2. The summed E-state index contributed by atoms with van der Waals surface area (Å²) in [5.41, 5.74) is -1.61. The number of aliphatic hydroxyl groups excluding tert-OH is 1. The van der Waals surface area contributed by atoms with Gasteiger partial charge in [0.1, 0.15) is 11.7 Å². The van der Waals surface area contributed by atoms with Gasteiger partial charge in [-0.25, -0.2) is 0 Å². The topological polar surface area (TPSA) is 84.2 Å². The molecular formula is C11H16NO4WY-. The summed E-state index contributed by atoms with van der Waals surface area (Å²) in [5.74, 6) is -0.160. The third kappa shape index (κ3) is 1.93. The Morgan fingerprint density at radius 1 is 1.39 bits per heavy atom. The molecule has 1 aliphatic carbocycles. The first-order valence-electron chi connectivity index (χ1n) is 5.70. The Bertz CT molecular complexity index is 361. The Hall–Kier alpha value is 1.14. The van der Waals surface area contributed by atoms with E-state index in [2.05, 4.69) is 5.32 Å². The van der Waals surface area contributed by atoms with Crippen LogP contribution in [0.15, 0.2) is 0 Å². The number of epoxide rings is 1. The third-order valence-corrected chi connectivity index (χ3v) is 4.82. The number of carbonyl (C=O) groups excluding carboxylic acids is 1. The summed E-state index contributed by atoms with van der Waals surface area (Å²) in [4.78, 5) is 11.1. The molecule has 0 aromatic rings. The van der Waals surface area contributed by atoms with Crippen molar-refractivity contribution in [2.24, 2.45) is 11.8 Å². The van der Waals surface area contributed by atoms with E-state index in [9.17, 15) is 15.0 Å². The number of hydrogen-bond donors (Lipinski definition) is 2. The second-order valence-corrected chi connectivity index (χ2v) is 5.38. The van der Waals surface area contributed by atoms with E-state index in [1.54, 1.807) is 0 Å². The quantitative estimate of drug-likeness (QED) is 0.387. The average molecular weight is 499 g/mol. The van der Waals surface area contributed by atoms with Crippen LogP contribution in [0.3, 0.4) is 0 Å². The molecule has 3 rings (SSSR count). The van der Waals surface area contributed by atoms with Gasteiger partial charge in [-0.05, 0) is 18.3 Å². The van der Waals surface area contributed by atoms with E-state index in [1.165, 1.54) is 0 Å². The molecule has 99 valence electrons. The molecule has 1 radical (unpaired) electrons. The molecule has 0 aromatic heterocycles. The molecule has 0 aromatic carbocycles. The molecule has 1 amide bonds. The Kier molecular flexibility index (Phi) is 4.93. The van der Waals surface area contributed by atoms with E-state index < -0.39 is 11.1 Å².